The molecular formula is C27H24Cl2N2O3S. The van der Waals surface area contributed by atoms with Crippen LogP contribution in [0.15, 0.2) is 64.5 Å². The van der Waals surface area contributed by atoms with Crippen molar-refractivity contribution in [2.45, 2.75) is 27.4 Å². The van der Waals surface area contributed by atoms with Gasteiger partial charge in [-0.25, -0.2) is 4.99 Å². The van der Waals surface area contributed by atoms with Crippen molar-refractivity contribution in [1.29, 1.82) is 0 Å². The molecule has 1 amide bonds. The molecule has 0 unspecified atom stereocenters. The number of carbonyl (C=O) groups is 1. The van der Waals surface area contributed by atoms with Crippen molar-refractivity contribution in [1.82, 2.24) is 5.32 Å². The molecule has 0 aromatic heterocycles. The first-order valence-electron chi connectivity index (χ1n) is 11.0. The lowest BCUT2D eigenvalue weighted by molar-refractivity contribution is -0.115. The van der Waals surface area contributed by atoms with Gasteiger partial charge in [-0.15, -0.1) is 0 Å². The molecule has 0 spiro atoms. The number of aryl methyl sites for hydroxylation is 2. The molecule has 0 atom stereocenters. The van der Waals surface area contributed by atoms with Crippen molar-refractivity contribution >= 4 is 57.8 Å². The molecule has 0 bridgehead atoms. The lowest BCUT2D eigenvalue weighted by Gasteiger charge is -2.13. The van der Waals surface area contributed by atoms with E-state index in [2.05, 4.69) is 16.4 Å². The predicted molar refractivity (Wildman–Crippen MR) is 145 cm³/mol. The number of ether oxygens (including phenoxy) is 2. The second-order valence-corrected chi connectivity index (χ2v) is 9.87. The molecule has 0 aliphatic carbocycles. The zero-order chi connectivity index (χ0) is 24.9. The SMILES string of the molecule is CCOc1cc(/C=C2\SC(=Nc3cc(C)cc(C)c3)NC2=O)ccc1OCc1ccc(Cl)cc1Cl. The quantitative estimate of drug-likeness (QED) is 0.324. The Balaban J connectivity index is 1.52. The van der Waals surface area contributed by atoms with Gasteiger partial charge in [-0.05, 0) is 91.7 Å². The molecule has 1 N–H and O–H groups in total. The highest BCUT2D eigenvalue weighted by molar-refractivity contribution is 8.18. The Morgan fingerprint density at radius 3 is 2.46 bits per heavy atom. The van der Waals surface area contributed by atoms with E-state index in [0.29, 0.717) is 38.2 Å². The number of rotatable bonds is 7. The van der Waals surface area contributed by atoms with Gasteiger partial charge < -0.3 is 14.8 Å². The Morgan fingerprint density at radius 2 is 1.74 bits per heavy atom. The summed E-state index contributed by atoms with van der Waals surface area (Å²) in [7, 11) is 0. The summed E-state index contributed by atoms with van der Waals surface area (Å²) in [6.07, 6.45) is 1.81. The fourth-order valence-electron chi connectivity index (χ4n) is 3.56. The summed E-state index contributed by atoms with van der Waals surface area (Å²) in [5.41, 5.74) is 4.69. The van der Waals surface area contributed by atoms with E-state index in [1.165, 1.54) is 11.8 Å². The molecule has 0 saturated carbocycles. The first-order chi connectivity index (χ1) is 16.8. The number of thioether (sulfide) groups is 1. The van der Waals surface area contributed by atoms with E-state index in [0.717, 1.165) is 27.9 Å². The van der Waals surface area contributed by atoms with Gasteiger partial charge in [0, 0.05) is 15.6 Å². The van der Waals surface area contributed by atoms with E-state index in [4.69, 9.17) is 32.7 Å². The zero-order valence-corrected chi connectivity index (χ0v) is 21.9. The second kappa shape index (κ2) is 11.2. The highest BCUT2D eigenvalue weighted by Gasteiger charge is 2.24. The van der Waals surface area contributed by atoms with Gasteiger partial charge in [0.15, 0.2) is 16.7 Å². The lowest BCUT2D eigenvalue weighted by Crippen LogP contribution is -2.19. The van der Waals surface area contributed by atoms with Crippen LogP contribution >= 0.6 is 35.0 Å². The van der Waals surface area contributed by atoms with E-state index < -0.39 is 0 Å². The second-order valence-electron chi connectivity index (χ2n) is 7.99. The summed E-state index contributed by atoms with van der Waals surface area (Å²) < 4.78 is 11.8. The Labute approximate surface area is 219 Å². The third kappa shape index (κ3) is 6.60. The van der Waals surface area contributed by atoms with Crippen LogP contribution in [-0.2, 0) is 11.4 Å². The van der Waals surface area contributed by atoms with Crippen LogP contribution in [0.2, 0.25) is 10.0 Å². The van der Waals surface area contributed by atoms with Gasteiger partial charge in [0.1, 0.15) is 6.61 Å². The number of amides is 1. The van der Waals surface area contributed by atoms with E-state index in [9.17, 15) is 4.79 Å². The van der Waals surface area contributed by atoms with E-state index in [1.807, 2.05) is 63.2 Å². The van der Waals surface area contributed by atoms with Gasteiger partial charge in [-0.1, -0.05) is 41.4 Å². The van der Waals surface area contributed by atoms with Gasteiger partial charge in [-0.3, -0.25) is 4.79 Å². The van der Waals surface area contributed by atoms with E-state index in [1.54, 1.807) is 12.1 Å². The Morgan fingerprint density at radius 1 is 0.971 bits per heavy atom. The maximum Gasteiger partial charge on any atom is 0.264 e. The van der Waals surface area contributed by atoms with Gasteiger partial charge >= 0.3 is 0 Å². The molecule has 180 valence electrons. The first-order valence-corrected chi connectivity index (χ1v) is 12.6. The van der Waals surface area contributed by atoms with E-state index >= 15 is 0 Å². The number of nitrogens with zero attached hydrogens (tertiary/aromatic N) is 1. The fraction of sp³-hybridized carbons (Fsp3) is 0.185. The minimum atomic E-state index is -0.186. The number of benzene rings is 3. The lowest BCUT2D eigenvalue weighted by atomic mass is 10.1. The number of amidine groups is 1. The molecule has 3 aromatic carbocycles. The topological polar surface area (TPSA) is 59.9 Å². The van der Waals surface area contributed by atoms with Crippen LogP contribution in [0.1, 0.15) is 29.2 Å². The third-order valence-electron chi connectivity index (χ3n) is 5.05. The van der Waals surface area contributed by atoms with Crippen molar-refractivity contribution in [3.8, 4) is 11.5 Å². The van der Waals surface area contributed by atoms with E-state index in [-0.39, 0.29) is 12.5 Å². The molecular weight excluding hydrogens is 503 g/mol. The van der Waals surface area contributed by atoms with Crippen molar-refractivity contribution in [3.63, 3.8) is 0 Å². The summed E-state index contributed by atoms with van der Waals surface area (Å²) in [5, 5.41) is 4.50. The molecule has 1 saturated heterocycles. The number of hydrogen-bond donors (Lipinski definition) is 1. The predicted octanol–water partition coefficient (Wildman–Crippen LogP) is 7.48. The number of hydrogen-bond acceptors (Lipinski definition) is 5. The number of carbonyl (C=O) groups excluding carboxylic acids is 1. The average Bonchev–Trinajstić information content (AvgIpc) is 3.12. The Hall–Kier alpha value is -2.93. The smallest absolute Gasteiger partial charge is 0.264 e. The molecule has 35 heavy (non-hydrogen) atoms. The largest absolute Gasteiger partial charge is 0.490 e. The fourth-order valence-corrected chi connectivity index (χ4v) is 4.87. The minimum absolute atomic E-state index is 0.186. The van der Waals surface area contributed by atoms with Gasteiger partial charge in [0.05, 0.1) is 17.2 Å². The molecule has 1 fully saturated rings. The number of aliphatic imine (C=N–C) groups is 1. The normalized spacial score (nSPS) is 15.5. The molecule has 4 rings (SSSR count). The van der Waals surface area contributed by atoms with Gasteiger partial charge in [-0.2, -0.15) is 0 Å². The maximum atomic E-state index is 12.5. The van der Waals surface area contributed by atoms with Crippen LogP contribution in [0.3, 0.4) is 0 Å². The summed E-state index contributed by atoms with van der Waals surface area (Å²) in [4.78, 5) is 17.7. The summed E-state index contributed by atoms with van der Waals surface area (Å²) in [6.45, 7) is 6.69. The van der Waals surface area contributed by atoms with Crippen LogP contribution in [0.4, 0.5) is 5.69 Å². The molecule has 1 heterocycles. The summed E-state index contributed by atoms with van der Waals surface area (Å²) in [6, 6.07) is 16.9. The highest BCUT2D eigenvalue weighted by atomic mass is 35.5. The van der Waals surface area contributed by atoms with Crippen molar-refractivity contribution < 1.29 is 14.3 Å². The maximum absolute atomic E-state index is 12.5. The van der Waals surface area contributed by atoms with Crippen LogP contribution in [-0.4, -0.2) is 17.7 Å². The average molecular weight is 527 g/mol. The summed E-state index contributed by atoms with van der Waals surface area (Å²) in [5.74, 6) is 0.980. The Bertz CT molecular complexity index is 1320. The van der Waals surface area contributed by atoms with Crippen molar-refractivity contribution in [2.75, 3.05) is 6.61 Å². The molecule has 0 radical (unpaired) electrons. The zero-order valence-electron chi connectivity index (χ0n) is 19.5. The minimum Gasteiger partial charge on any atom is -0.490 e. The first kappa shape index (κ1) is 25.2. The molecule has 1 aliphatic heterocycles. The van der Waals surface area contributed by atoms with Crippen LogP contribution < -0.4 is 14.8 Å². The molecule has 5 nitrogen and oxygen atoms in total. The number of nitrogens with one attached hydrogen (secondary N) is 1. The molecule has 3 aromatic rings. The highest BCUT2D eigenvalue weighted by Crippen LogP contribution is 2.33. The molecule has 8 heteroatoms. The standard InChI is InChI=1S/C27H24Cl2N2O3S/c1-4-33-24-12-18(5-8-23(24)34-15-19-6-7-20(28)14-22(19)29)13-25-26(32)31-27(35-25)30-21-10-16(2)9-17(3)11-21/h5-14H,4,15H2,1-3H3,(H,30,31,32)/b25-13-. The third-order valence-corrected chi connectivity index (χ3v) is 6.55. The van der Waals surface area contributed by atoms with Gasteiger partial charge in [0.25, 0.3) is 5.91 Å². The monoisotopic (exact) mass is 526 g/mol. The van der Waals surface area contributed by atoms with Crippen LogP contribution in [0.25, 0.3) is 6.08 Å². The Kier molecular flexibility index (Phi) is 8.06. The molecule has 1 aliphatic rings. The van der Waals surface area contributed by atoms with Crippen molar-refractivity contribution in [2.24, 2.45) is 4.99 Å². The summed E-state index contributed by atoms with van der Waals surface area (Å²) >= 11 is 13.5. The van der Waals surface area contributed by atoms with Crippen molar-refractivity contribution in [3.05, 3.63) is 91.8 Å². The van der Waals surface area contributed by atoms with Gasteiger partial charge in [0.2, 0.25) is 0 Å². The van der Waals surface area contributed by atoms with Crippen LogP contribution in [0.5, 0.6) is 11.5 Å². The number of halogens is 2. The van der Waals surface area contributed by atoms with Crippen LogP contribution in [0, 0.1) is 13.8 Å².